The predicted octanol–water partition coefficient (Wildman–Crippen LogP) is 4.16. The number of anilines is 1. The Bertz CT molecular complexity index is 665. The number of carbonyl (C=O) groups is 1. The lowest BCUT2D eigenvalue weighted by molar-refractivity contribution is 0.0699. The molecule has 1 saturated heterocycles. The largest absolute Gasteiger partial charge is 0.478 e. The van der Waals surface area contributed by atoms with Crippen molar-refractivity contribution in [2.75, 3.05) is 18.0 Å². The minimum atomic E-state index is -0.859. The van der Waals surface area contributed by atoms with Crippen molar-refractivity contribution < 1.29 is 9.90 Å². The van der Waals surface area contributed by atoms with E-state index in [1.165, 1.54) is 24.9 Å². The van der Waals surface area contributed by atoms with Gasteiger partial charge in [0.05, 0.1) is 5.56 Å². The molecule has 21 heavy (non-hydrogen) atoms. The maximum absolute atomic E-state index is 11.4. The number of fused-ring (bicyclic) bond motifs is 1. The number of aromatic carboxylic acids is 1. The van der Waals surface area contributed by atoms with E-state index in [-0.39, 0.29) is 0 Å². The number of rotatable bonds is 2. The van der Waals surface area contributed by atoms with Gasteiger partial charge in [0, 0.05) is 24.2 Å². The molecule has 1 aliphatic heterocycles. The summed E-state index contributed by atoms with van der Waals surface area (Å²) in [6.07, 6.45) is 3.69. The molecule has 0 spiro atoms. The fraction of sp³-hybridized carbons (Fsp3) is 0.389. The van der Waals surface area contributed by atoms with E-state index in [9.17, 15) is 9.90 Å². The summed E-state index contributed by atoms with van der Waals surface area (Å²) in [6, 6.07) is 11.5. The van der Waals surface area contributed by atoms with Gasteiger partial charge in [0.25, 0.3) is 0 Å². The Balaban J connectivity index is 2.07. The minimum Gasteiger partial charge on any atom is -0.478 e. The maximum Gasteiger partial charge on any atom is 0.336 e. The summed E-state index contributed by atoms with van der Waals surface area (Å²) in [6.45, 7) is 4.42. The molecule has 0 bridgehead atoms. The second kappa shape index (κ2) is 5.76. The van der Waals surface area contributed by atoms with Crippen LogP contribution in [-0.2, 0) is 0 Å². The molecule has 3 rings (SSSR count). The normalized spacial score (nSPS) is 19.5. The van der Waals surface area contributed by atoms with Crippen LogP contribution >= 0.6 is 0 Å². The van der Waals surface area contributed by atoms with Crippen LogP contribution in [-0.4, -0.2) is 24.2 Å². The molecule has 2 aromatic carbocycles. The van der Waals surface area contributed by atoms with Gasteiger partial charge >= 0.3 is 5.97 Å². The Morgan fingerprint density at radius 1 is 1.10 bits per heavy atom. The Morgan fingerprint density at radius 2 is 1.86 bits per heavy atom. The van der Waals surface area contributed by atoms with E-state index in [0.717, 1.165) is 29.8 Å². The van der Waals surface area contributed by atoms with E-state index in [2.05, 4.69) is 11.8 Å². The van der Waals surface area contributed by atoms with Crippen molar-refractivity contribution in [1.29, 1.82) is 0 Å². The summed E-state index contributed by atoms with van der Waals surface area (Å²) in [5.74, 6) is -0.0817. The maximum atomic E-state index is 11.4. The molecule has 3 heteroatoms. The third-order valence-corrected chi connectivity index (χ3v) is 4.49. The van der Waals surface area contributed by atoms with Crippen LogP contribution in [0.15, 0.2) is 36.4 Å². The van der Waals surface area contributed by atoms with E-state index in [0.29, 0.717) is 5.56 Å². The molecule has 1 N–H and O–H groups in total. The highest BCUT2D eigenvalue weighted by Gasteiger charge is 2.18. The van der Waals surface area contributed by atoms with E-state index >= 15 is 0 Å². The van der Waals surface area contributed by atoms with E-state index in [4.69, 9.17) is 0 Å². The van der Waals surface area contributed by atoms with Crippen molar-refractivity contribution in [2.45, 2.75) is 26.2 Å². The average molecular weight is 283 g/mol. The molecule has 0 aromatic heterocycles. The van der Waals surface area contributed by atoms with Crippen LogP contribution < -0.4 is 4.90 Å². The van der Waals surface area contributed by atoms with E-state index < -0.39 is 5.97 Å². The van der Waals surface area contributed by atoms with Gasteiger partial charge in [-0.05, 0) is 42.7 Å². The van der Waals surface area contributed by atoms with Gasteiger partial charge in [-0.2, -0.15) is 0 Å². The molecule has 2 aromatic rings. The fourth-order valence-electron chi connectivity index (χ4n) is 3.25. The third-order valence-electron chi connectivity index (χ3n) is 4.49. The summed E-state index contributed by atoms with van der Waals surface area (Å²) < 4.78 is 0. The average Bonchev–Trinajstić information content (AvgIpc) is 2.70. The second-order valence-electron chi connectivity index (χ2n) is 6.01. The Morgan fingerprint density at radius 3 is 2.62 bits per heavy atom. The van der Waals surface area contributed by atoms with Crippen LogP contribution in [0.3, 0.4) is 0 Å². The smallest absolute Gasteiger partial charge is 0.336 e. The number of carboxylic acid groups (broad SMARTS) is 1. The molecule has 110 valence electrons. The summed E-state index contributed by atoms with van der Waals surface area (Å²) in [7, 11) is 0. The van der Waals surface area contributed by atoms with Crippen LogP contribution in [0.4, 0.5) is 5.69 Å². The van der Waals surface area contributed by atoms with Crippen molar-refractivity contribution in [1.82, 2.24) is 0 Å². The molecule has 1 unspecified atom stereocenters. The Labute approximate surface area is 125 Å². The quantitative estimate of drug-likeness (QED) is 0.899. The topological polar surface area (TPSA) is 40.5 Å². The molecule has 1 fully saturated rings. The van der Waals surface area contributed by atoms with Crippen LogP contribution in [0.25, 0.3) is 10.8 Å². The first kappa shape index (κ1) is 13.9. The standard InChI is InChI=1S/C18H21NO2/c1-13-5-4-11-19(12-10-13)17-9-8-16(18(20)21)14-6-2-3-7-15(14)17/h2-3,6-9,13H,4-5,10-12H2,1H3,(H,20,21). The predicted molar refractivity (Wildman–Crippen MR) is 86.1 cm³/mol. The van der Waals surface area contributed by atoms with Crippen molar-refractivity contribution in [3.63, 3.8) is 0 Å². The van der Waals surface area contributed by atoms with E-state index in [1.807, 2.05) is 30.3 Å². The van der Waals surface area contributed by atoms with Crippen LogP contribution in [0, 0.1) is 5.92 Å². The SMILES string of the molecule is CC1CCCN(c2ccc(C(=O)O)c3ccccc23)CC1. The van der Waals surface area contributed by atoms with E-state index in [1.54, 1.807) is 6.07 Å². The van der Waals surface area contributed by atoms with Gasteiger partial charge in [0.2, 0.25) is 0 Å². The summed E-state index contributed by atoms with van der Waals surface area (Å²) in [5.41, 5.74) is 1.56. The lowest BCUT2D eigenvalue weighted by atomic mass is 10.0. The molecule has 1 aliphatic rings. The molecule has 0 saturated carbocycles. The summed E-state index contributed by atoms with van der Waals surface area (Å²) >= 11 is 0. The molecule has 3 nitrogen and oxygen atoms in total. The van der Waals surface area contributed by atoms with Crippen LogP contribution in [0.5, 0.6) is 0 Å². The van der Waals surface area contributed by atoms with Gasteiger partial charge in [0.1, 0.15) is 0 Å². The minimum absolute atomic E-state index is 0.387. The molecule has 1 atom stereocenters. The van der Waals surface area contributed by atoms with Crippen LogP contribution in [0.1, 0.15) is 36.5 Å². The lowest BCUT2D eigenvalue weighted by Crippen LogP contribution is -2.24. The summed E-state index contributed by atoms with van der Waals surface area (Å²) in [5, 5.41) is 11.2. The second-order valence-corrected chi connectivity index (χ2v) is 6.01. The Kier molecular flexibility index (Phi) is 3.82. The fourth-order valence-corrected chi connectivity index (χ4v) is 3.25. The number of hydrogen-bond donors (Lipinski definition) is 1. The molecule has 0 amide bonds. The highest BCUT2D eigenvalue weighted by molar-refractivity contribution is 6.07. The number of benzene rings is 2. The van der Waals surface area contributed by atoms with Gasteiger partial charge < -0.3 is 10.0 Å². The van der Waals surface area contributed by atoms with Crippen molar-refractivity contribution >= 4 is 22.4 Å². The van der Waals surface area contributed by atoms with Gasteiger partial charge in [-0.1, -0.05) is 31.2 Å². The Hall–Kier alpha value is -2.03. The zero-order chi connectivity index (χ0) is 14.8. The first-order chi connectivity index (χ1) is 10.2. The first-order valence-electron chi connectivity index (χ1n) is 7.67. The zero-order valence-corrected chi connectivity index (χ0v) is 12.4. The van der Waals surface area contributed by atoms with Crippen molar-refractivity contribution in [3.05, 3.63) is 42.0 Å². The molecule has 0 aliphatic carbocycles. The zero-order valence-electron chi connectivity index (χ0n) is 12.4. The first-order valence-corrected chi connectivity index (χ1v) is 7.67. The monoisotopic (exact) mass is 283 g/mol. The van der Waals surface area contributed by atoms with Gasteiger partial charge in [0.15, 0.2) is 0 Å². The highest BCUT2D eigenvalue weighted by Crippen LogP contribution is 2.31. The van der Waals surface area contributed by atoms with Gasteiger partial charge in [-0.25, -0.2) is 4.79 Å². The number of hydrogen-bond acceptors (Lipinski definition) is 2. The lowest BCUT2D eigenvalue weighted by Gasteiger charge is -2.25. The van der Waals surface area contributed by atoms with Crippen molar-refractivity contribution in [2.24, 2.45) is 5.92 Å². The molecule has 1 heterocycles. The summed E-state index contributed by atoms with van der Waals surface area (Å²) in [4.78, 5) is 13.8. The molecule has 0 radical (unpaired) electrons. The molecular weight excluding hydrogens is 262 g/mol. The highest BCUT2D eigenvalue weighted by atomic mass is 16.4. The third kappa shape index (κ3) is 2.73. The van der Waals surface area contributed by atoms with Crippen LogP contribution in [0.2, 0.25) is 0 Å². The van der Waals surface area contributed by atoms with Gasteiger partial charge in [-0.3, -0.25) is 0 Å². The molecular formula is C18H21NO2. The van der Waals surface area contributed by atoms with Crippen molar-refractivity contribution in [3.8, 4) is 0 Å². The number of carboxylic acids is 1. The van der Waals surface area contributed by atoms with Gasteiger partial charge in [-0.15, -0.1) is 0 Å². The number of nitrogens with zero attached hydrogens (tertiary/aromatic N) is 1.